The number of para-hydroxylation sites is 2. The Labute approximate surface area is 177 Å². The molecule has 2 heterocycles. The van der Waals surface area contributed by atoms with Gasteiger partial charge in [-0.2, -0.15) is 0 Å². The van der Waals surface area contributed by atoms with E-state index in [4.69, 9.17) is 4.42 Å². The first-order chi connectivity index (χ1) is 14.7. The van der Waals surface area contributed by atoms with Gasteiger partial charge in [-0.3, -0.25) is 9.59 Å². The lowest BCUT2D eigenvalue weighted by Gasteiger charge is -2.15. The number of oxazole rings is 1. The van der Waals surface area contributed by atoms with E-state index in [0.29, 0.717) is 17.3 Å². The second kappa shape index (κ2) is 7.80. The minimum Gasteiger partial charge on any atom is -0.436 e. The number of hydrogen-bond donors (Lipinski definition) is 0. The number of fused-ring (bicyclic) bond motifs is 1. The van der Waals surface area contributed by atoms with Gasteiger partial charge in [0.1, 0.15) is 5.52 Å². The summed E-state index contributed by atoms with van der Waals surface area (Å²) in [6.07, 6.45) is 0.225. The third-order valence-electron chi connectivity index (χ3n) is 5.07. The smallest absolute Gasteiger partial charge is 0.247 e. The number of amides is 2. The van der Waals surface area contributed by atoms with Gasteiger partial charge in [0.15, 0.2) is 5.58 Å². The normalized spacial score (nSPS) is 16.5. The van der Waals surface area contributed by atoms with Crippen LogP contribution in [0.1, 0.15) is 12.0 Å². The molecule has 0 saturated carbocycles. The van der Waals surface area contributed by atoms with Gasteiger partial charge in [-0.15, -0.1) is 11.8 Å². The molecule has 148 valence electrons. The molecule has 0 unspecified atom stereocenters. The molecule has 1 fully saturated rings. The number of rotatable bonds is 5. The summed E-state index contributed by atoms with van der Waals surface area (Å²) in [7, 11) is 0. The van der Waals surface area contributed by atoms with Crippen molar-refractivity contribution >= 4 is 40.4 Å². The Morgan fingerprint density at radius 3 is 2.43 bits per heavy atom. The number of carbonyl (C=O) groups excluding carboxylic acids is 2. The third kappa shape index (κ3) is 3.50. The van der Waals surface area contributed by atoms with Crippen LogP contribution in [0, 0.1) is 0 Å². The molecule has 1 atom stereocenters. The lowest BCUT2D eigenvalue weighted by molar-refractivity contribution is -0.121. The van der Waals surface area contributed by atoms with E-state index in [-0.39, 0.29) is 23.5 Å². The number of imide groups is 1. The number of anilines is 1. The molecule has 3 aromatic carbocycles. The SMILES string of the molecule is O=C1C[C@H](SCc2ccccc2)C(=O)N1c1ccc(-c2nc3ccccc3o2)cc1. The van der Waals surface area contributed by atoms with Crippen molar-refractivity contribution in [1.29, 1.82) is 0 Å². The Kier molecular flexibility index (Phi) is 4.85. The van der Waals surface area contributed by atoms with Gasteiger partial charge in [0, 0.05) is 17.7 Å². The Balaban J connectivity index is 1.32. The van der Waals surface area contributed by atoms with Gasteiger partial charge in [-0.25, -0.2) is 9.88 Å². The summed E-state index contributed by atoms with van der Waals surface area (Å²) in [6.45, 7) is 0. The number of nitrogens with zero attached hydrogens (tertiary/aromatic N) is 2. The fourth-order valence-electron chi connectivity index (χ4n) is 3.53. The summed E-state index contributed by atoms with van der Waals surface area (Å²) in [6, 6.07) is 24.7. The van der Waals surface area contributed by atoms with E-state index in [9.17, 15) is 9.59 Å². The first kappa shape index (κ1) is 18.6. The van der Waals surface area contributed by atoms with Crippen LogP contribution in [0.25, 0.3) is 22.6 Å². The molecule has 30 heavy (non-hydrogen) atoms. The minimum absolute atomic E-state index is 0.157. The van der Waals surface area contributed by atoms with E-state index in [1.54, 1.807) is 12.1 Å². The maximum Gasteiger partial charge on any atom is 0.247 e. The molecule has 4 aromatic rings. The van der Waals surface area contributed by atoms with E-state index in [2.05, 4.69) is 4.98 Å². The van der Waals surface area contributed by atoms with Crippen molar-refractivity contribution in [2.45, 2.75) is 17.4 Å². The predicted octanol–water partition coefficient (Wildman–Crippen LogP) is 5.06. The molecule has 6 heteroatoms. The Morgan fingerprint density at radius 1 is 0.933 bits per heavy atom. The third-order valence-corrected chi connectivity index (χ3v) is 6.34. The molecule has 0 bridgehead atoms. The highest BCUT2D eigenvalue weighted by Crippen LogP contribution is 2.33. The maximum absolute atomic E-state index is 12.9. The molecular formula is C24H18N2O3S. The lowest BCUT2D eigenvalue weighted by Crippen LogP contribution is -2.31. The van der Waals surface area contributed by atoms with Crippen molar-refractivity contribution < 1.29 is 14.0 Å². The average molecular weight is 414 g/mol. The van der Waals surface area contributed by atoms with Gasteiger partial charge >= 0.3 is 0 Å². The molecule has 5 rings (SSSR count). The van der Waals surface area contributed by atoms with Crippen molar-refractivity contribution in [2.24, 2.45) is 0 Å². The Hall–Kier alpha value is -3.38. The number of thioether (sulfide) groups is 1. The van der Waals surface area contributed by atoms with Crippen LogP contribution in [0.3, 0.4) is 0 Å². The van der Waals surface area contributed by atoms with E-state index < -0.39 is 0 Å². The molecule has 1 aromatic heterocycles. The molecule has 2 amide bonds. The summed E-state index contributed by atoms with van der Waals surface area (Å²) < 4.78 is 5.79. The quantitative estimate of drug-likeness (QED) is 0.427. The van der Waals surface area contributed by atoms with Crippen LogP contribution in [-0.4, -0.2) is 22.0 Å². The van der Waals surface area contributed by atoms with Gasteiger partial charge < -0.3 is 4.42 Å². The molecule has 0 N–H and O–H groups in total. The number of aromatic nitrogens is 1. The predicted molar refractivity (Wildman–Crippen MR) is 118 cm³/mol. The summed E-state index contributed by atoms with van der Waals surface area (Å²) in [5, 5.41) is -0.352. The Morgan fingerprint density at radius 2 is 1.67 bits per heavy atom. The van der Waals surface area contributed by atoms with Crippen molar-refractivity contribution in [1.82, 2.24) is 4.98 Å². The van der Waals surface area contributed by atoms with Crippen LogP contribution in [-0.2, 0) is 15.3 Å². The van der Waals surface area contributed by atoms with Crippen LogP contribution < -0.4 is 4.90 Å². The second-order valence-corrected chi connectivity index (χ2v) is 8.28. The van der Waals surface area contributed by atoms with Crippen LogP contribution in [0.2, 0.25) is 0 Å². The molecule has 0 spiro atoms. The summed E-state index contributed by atoms with van der Waals surface area (Å²) in [5.41, 5.74) is 4.03. The maximum atomic E-state index is 12.9. The fourth-order valence-corrected chi connectivity index (χ4v) is 4.62. The summed E-state index contributed by atoms with van der Waals surface area (Å²) in [5.74, 6) is 0.892. The zero-order valence-electron chi connectivity index (χ0n) is 16.0. The van der Waals surface area contributed by atoms with Crippen molar-refractivity contribution in [2.75, 3.05) is 4.90 Å². The lowest BCUT2D eigenvalue weighted by atomic mass is 10.2. The van der Waals surface area contributed by atoms with Gasteiger partial charge in [-0.1, -0.05) is 42.5 Å². The van der Waals surface area contributed by atoms with Gasteiger partial charge in [0.2, 0.25) is 17.7 Å². The number of benzene rings is 3. The molecule has 5 nitrogen and oxygen atoms in total. The summed E-state index contributed by atoms with van der Waals surface area (Å²) in [4.78, 5) is 31.2. The minimum atomic E-state index is -0.352. The highest BCUT2D eigenvalue weighted by atomic mass is 32.2. The molecule has 1 aliphatic heterocycles. The van der Waals surface area contributed by atoms with Gasteiger partial charge in [-0.05, 0) is 42.0 Å². The fraction of sp³-hybridized carbons (Fsp3) is 0.125. The molecule has 0 radical (unpaired) electrons. The van der Waals surface area contributed by atoms with Crippen molar-refractivity contribution in [3.05, 3.63) is 84.4 Å². The van der Waals surface area contributed by atoms with Gasteiger partial charge in [0.05, 0.1) is 10.9 Å². The molecule has 0 aliphatic carbocycles. The highest BCUT2D eigenvalue weighted by Gasteiger charge is 2.39. The standard InChI is InChI=1S/C24H18N2O3S/c27-22-14-21(30-15-16-6-2-1-3-7-16)24(28)26(22)18-12-10-17(11-13-18)23-25-19-8-4-5-9-20(19)29-23/h1-13,21H,14-15H2/t21-/m0/s1. The largest absolute Gasteiger partial charge is 0.436 e. The summed E-state index contributed by atoms with van der Waals surface area (Å²) >= 11 is 1.51. The molecule has 1 aliphatic rings. The van der Waals surface area contributed by atoms with E-state index in [0.717, 1.165) is 22.2 Å². The second-order valence-electron chi connectivity index (χ2n) is 7.09. The van der Waals surface area contributed by atoms with Crippen molar-refractivity contribution in [3.8, 4) is 11.5 Å². The molecule has 1 saturated heterocycles. The Bertz CT molecular complexity index is 1190. The van der Waals surface area contributed by atoms with E-state index >= 15 is 0 Å². The van der Waals surface area contributed by atoms with Crippen molar-refractivity contribution in [3.63, 3.8) is 0 Å². The van der Waals surface area contributed by atoms with E-state index in [1.165, 1.54) is 16.7 Å². The number of hydrogen-bond acceptors (Lipinski definition) is 5. The zero-order valence-corrected chi connectivity index (χ0v) is 16.8. The molecular weight excluding hydrogens is 396 g/mol. The zero-order chi connectivity index (χ0) is 20.5. The average Bonchev–Trinajstić information content (AvgIpc) is 3.33. The first-order valence-electron chi connectivity index (χ1n) is 9.67. The first-order valence-corrected chi connectivity index (χ1v) is 10.7. The van der Waals surface area contributed by atoms with Crippen LogP contribution >= 0.6 is 11.8 Å². The van der Waals surface area contributed by atoms with Crippen LogP contribution in [0.4, 0.5) is 5.69 Å². The van der Waals surface area contributed by atoms with E-state index in [1.807, 2.05) is 66.7 Å². The van der Waals surface area contributed by atoms with Crippen LogP contribution in [0.15, 0.2) is 83.3 Å². The highest BCUT2D eigenvalue weighted by molar-refractivity contribution is 7.99. The van der Waals surface area contributed by atoms with Gasteiger partial charge in [0.25, 0.3) is 0 Å². The monoisotopic (exact) mass is 414 g/mol. The topological polar surface area (TPSA) is 63.4 Å². The number of carbonyl (C=O) groups is 2. The van der Waals surface area contributed by atoms with Crippen LogP contribution in [0.5, 0.6) is 0 Å².